The van der Waals surface area contributed by atoms with Gasteiger partial charge in [-0.2, -0.15) is 0 Å². The van der Waals surface area contributed by atoms with E-state index >= 15 is 0 Å². The number of hydrogen-bond donors (Lipinski definition) is 3. The number of carbonyl (C=O) groups is 1. The summed E-state index contributed by atoms with van der Waals surface area (Å²) >= 11 is 6.50. The average molecular weight is 389 g/mol. The molecule has 1 amide bonds. The van der Waals surface area contributed by atoms with Crippen LogP contribution in [0.5, 0.6) is 0 Å². The number of amides is 1. The zero-order valence-corrected chi connectivity index (χ0v) is 15.3. The molecule has 1 unspecified atom stereocenters. The van der Waals surface area contributed by atoms with Gasteiger partial charge in [-0.05, 0) is 30.7 Å². The number of anilines is 2. The molecule has 1 aromatic heterocycles. The van der Waals surface area contributed by atoms with Gasteiger partial charge in [-0.15, -0.1) is 5.10 Å². The smallest absolute Gasteiger partial charge is 0.388 e. The number of rotatable bonds is 5. The van der Waals surface area contributed by atoms with Crippen molar-refractivity contribution in [1.29, 1.82) is 0 Å². The number of para-hydroxylation sites is 1. The molecule has 3 rings (SSSR count). The van der Waals surface area contributed by atoms with Crippen molar-refractivity contribution in [3.63, 3.8) is 0 Å². The minimum Gasteiger partial charge on any atom is -0.388 e. The Morgan fingerprint density at radius 1 is 1.26 bits per heavy atom. The van der Waals surface area contributed by atoms with Crippen LogP contribution >= 0.6 is 11.6 Å². The Labute approximate surface area is 159 Å². The quantitative estimate of drug-likeness (QED) is 0.453. The normalized spacial score (nSPS) is 11.9. The molecular weight excluding hydrogens is 372 g/mol. The number of halogens is 1. The summed E-state index contributed by atoms with van der Waals surface area (Å²) in [6.07, 6.45) is 0. The summed E-state index contributed by atoms with van der Waals surface area (Å²) < 4.78 is 5.03. The van der Waals surface area contributed by atoms with Crippen molar-refractivity contribution in [3.8, 4) is 11.5 Å². The summed E-state index contributed by atoms with van der Waals surface area (Å²) in [7, 11) is 0. The highest BCUT2D eigenvalue weighted by atomic mass is 35.5. The molecule has 0 radical (unpaired) electrons. The third-order valence-electron chi connectivity index (χ3n) is 4.03. The molecule has 0 bridgehead atoms. The standard InChI is InChI=1S/C18H17ClN4O4/c1-10(23(26)11(2)24)12-7-5-9-15(16(12)19)20-14-8-4-3-6-13(14)17-21-22-18(25)27-17/h3-10,20,26H,1-2H3,(H,22,25). The Bertz CT molecular complexity index is 1030. The lowest BCUT2D eigenvalue weighted by Gasteiger charge is -2.23. The number of nitrogens with one attached hydrogen (secondary N) is 2. The second-order valence-electron chi connectivity index (χ2n) is 5.84. The summed E-state index contributed by atoms with van der Waals surface area (Å²) in [6.45, 7) is 2.93. The first-order chi connectivity index (χ1) is 12.9. The van der Waals surface area contributed by atoms with Crippen molar-refractivity contribution >= 4 is 28.9 Å². The van der Waals surface area contributed by atoms with Crippen LogP contribution in [0.25, 0.3) is 11.5 Å². The lowest BCUT2D eigenvalue weighted by molar-refractivity contribution is -0.172. The van der Waals surface area contributed by atoms with Crippen molar-refractivity contribution in [1.82, 2.24) is 15.3 Å². The van der Waals surface area contributed by atoms with Crippen LogP contribution in [-0.2, 0) is 4.79 Å². The third-order valence-corrected chi connectivity index (χ3v) is 4.45. The van der Waals surface area contributed by atoms with E-state index in [-0.39, 0.29) is 5.89 Å². The second-order valence-corrected chi connectivity index (χ2v) is 6.22. The lowest BCUT2D eigenvalue weighted by atomic mass is 10.1. The number of benzene rings is 2. The van der Waals surface area contributed by atoms with Gasteiger partial charge in [0.05, 0.1) is 28.0 Å². The number of carbonyl (C=O) groups excluding carboxylic acids is 1. The van der Waals surface area contributed by atoms with Gasteiger partial charge in [0.15, 0.2) is 0 Å². The van der Waals surface area contributed by atoms with Crippen molar-refractivity contribution in [3.05, 3.63) is 63.6 Å². The fourth-order valence-corrected chi connectivity index (χ4v) is 2.97. The molecule has 1 atom stereocenters. The highest BCUT2D eigenvalue weighted by Gasteiger charge is 2.21. The number of hydroxylamine groups is 2. The van der Waals surface area contributed by atoms with Crippen molar-refractivity contribution in [2.24, 2.45) is 0 Å². The summed E-state index contributed by atoms with van der Waals surface area (Å²) in [5.74, 6) is -1.00. The number of aromatic amines is 1. The fourth-order valence-electron chi connectivity index (χ4n) is 2.64. The van der Waals surface area contributed by atoms with E-state index in [0.29, 0.717) is 32.6 Å². The molecule has 8 nitrogen and oxygen atoms in total. The first kappa shape index (κ1) is 18.7. The highest BCUT2D eigenvalue weighted by molar-refractivity contribution is 6.34. The van der Waals surface area contributed by atoms with Crippen molar-refractivity contribution in [2.45, 2.75) is 19.9 Å². The van der Waals surface area contributed by atoms with Crippen LogP contribution in [-0.4, -0.2) is 26.4 Å². The van der Waals surface area contributed by atoms with Gasteiger partial charge in [0.25, 0.3) is 5.89 Å². The molecule has 27 heavy (non-hydrogen) atoms. The third kappa shape index (κ3) is 3.86. The van der Waals surface area contributed by atoms with Gasteiger partial charge >= 0.3 is 5.76 Å². The number of nitrogens with zero attached hydrogens (tertiary/aromatic N) is 2. The predicted octanol–water partition coefficient (Wildman–Crippen LogP) is 3.73. The van der Waals surface area contributed by atoms with E-state index in [1.165, 1.54) is 6.92 Å². The molecule has 9 heteroatoms. The van der Waals surface area contributed by atoms with Gasteiger partial charge < -0.3 is 9.73 Å². The molecular formula is C18H17ClN4O4. The van der Waals surface area contributed by atoms with E-state index in [4.69, 9.17) is 16.0 Å². The van der Waals surface area contributed by atoms with Gasteiger partial charge in [0, 0.05) is 6.92 Å². The van der Waals surface area contributed by atoms with E-state index in [9.17, 15) is 14.8 Å². The van der Waals surface area contributed by atoms with E-state index in [0.717, 1.165) is 0 Å². The van der Waals surface area contributed by atoms with Crippen LogP contribution in [0.15, 0.2) is 51.7 Å². The Hall–Kier alpha value is -3.10. The van der Waals surface area contributed by atoms with Crippen molar-refractivity contribution in [2.75, 3.05) is 5.32 Å². The zero-order chi connectivity index (χ0) is 19.6. The highest BCUT2D eigenvalue weighted by Crippen LogP contribution is 2.36. The molecule has 0 aliphatic carbocycles. The molecule has 0 saturated heterocycles. The minimum atomic E-state index is -0.652. The number of hydrogen-bond acceptors (Lipinski definition) is 6. The largest absolute Gasteiger partial charge is 0.434 e. The molecule has 0 aliphatic rings. The van der Waals surface area contributed by atoms with Gasteiger partial charge in [-0.1, -0.05) is 35.9 Å². The molecule has 1 heterocycles. The Balaban J connectivity index is 1.97. The van der Waals surface area contributed by atoms with Crippen LogP contribution in [0.3, 0.4) is 0 Å². The zero-order valence-electron chi connectivity index (χ0n) is 14.6. The van der Waals surface area contributed by atoms with E-state index < -0.39 is 17.7 Å². The topological polar surface area (TPSA) is 111 Å². The molecule has 3 N–H and O–H groups in total. The molecule has 0 spiro atoms. The molecule has 140 valence electrons. The van der Waals surface area contributed by atoms with Crippen LogP contribution in [0.1, 0.15) is 25.5 Å². The molecule has 3 aromatic rings. The summed E-state index contributed by atoms with van der Waals surface area (Å²) in [4.78, 5) is 22.7. The Kier molecular flexibility index (Phi) is 5.29. The number of H-pyrrole nitrogens is 1. The van der Waals surface area contributed by atoms with Crippen LogP contribution in [0.4, 0.5) is 11.4 Å². The van der Waals surface area contributed by atoms with Crippen molar-refractivity contribution < 1.29 is 14.4 Å². The lowest BCUT2D eigenvalue weighted by Crippen LogP contribution is -2.28. The second kappa shape index (κ2) is 7.65. The van der Waals surface area contributed by atoms with Crippen LogP contribution in [0, 0.1) is 0 Å². The fraction of sp³-hybridized carbons (Fsp3) is 0.167. The summed E-state index contributed by atoms with van der Waals surface area (Å²) in [5.41, 5.74) is 2.32. The van der Waals surface area contributed by atoms with E-state index in [1.54, 1.807) is 43.3 Å². The maximum Gasteiger partial charge on any atom is 0.434 e. The summed E-state index contributed by atoms with van der Waals surface area (Å²) in [6, 6.07) is 11.7. The molecule has 0 saturated carbocycles. The van der Waals surface area contributed by atoms with E-state index in [2.05, 4.69) is 15.5 Å². The van der Waals surface area contributed by atoms with E-state index in [1.807, 2.05) is 6.07 Å². The Morgan fingerprint density at radius 2 is 1.96 bits per heavy atom. The Morgan fingerprint density at radius 3 is 2.63 bits per heavy atom. The first-order valence-corrected chi connectivity index (χ1v) is 8.45. The van der Waals surface area contributed by atoms with Gasteiger partial charge in [0.2, 0.25) is 5.91 Å². The summed E-state index contributed by atoms with van der Waals surface area (Å²) in [5, 5.41) is 20.1. The SMILES string of the molecule is CC(=O)N(O)C(C)c1cccc(Nc2ccccc2-c2n[nH]c(=O)o2)c1Cl. The monoisotopic (exact) mass is 388 g/mol. The number of aromatic nitrogens is 2. The predicted molar refractivity (Wildman–Crippen MR) is 100 cm³/mol. The first-order valence-electron chi connectivity index (χ1n) is 8.07. The molecule has 2 aromatic carbocycles. The molecule has 0 aliphatic heterocycles. The maximum absolute atomic E-state index is 11.4. The maximum atomic E-state index is 11.4. The van der Waals surface area contributed by atoms with Gasteiger partial charge in [0.1, 0.15) is 0 Å². The average Bonchev–Trinajstić information content (AvgIpc) is 3.09. The molecule has 0 fully saturated rings. The van der Waals surface area contributed by atoms with Crippen LogP contribution < -0.4 is 11.1 Å². The van der Waals surface area contributed by atoms with Gasteiger partial charge in [-0.3, -0.25) is 10.0 Å². The van der Waals surface area contributed by atoms with Crippen LogP contribution in [0.2, 0.25) is 5.02 Å². The van der Waals surface area contributed by atoms with Gasteiger partial charge in [-0.25, -0.2) is 15.0 Å². The minimum absolute atomic E-state index is 0.141.